The van der Waals surface area contributed by atoms with Crippen molar-refractivity contribution in [2.24, 2.45) is 0 Å². The van der Waals surface area contributed by atoms with Crippen LogP contribution in [0.25, 0.3) is 11.4 Å². The number of H-pyrrole nitrogens is 1. The number of alkyl halides is 3. The third-order valence-corrected chi connectivity index (χ3v) is 4.89. The van der Waals surface area contributed by atoms with E-state index in [0.29, 0.717) is 5.56 Å². The summed E-state index contributed by atoms with van der Waals surface area (Å²) in [7, 11) is 0. The quantitative estimate of drug-likeness (QED) is 0.734. The lowest BCUT2D eigenvalue weighted by molar-refractivity contribution is -0.140. The molecule has 0 aliphatic carbocycles. The zero-order valence-electron chi connectivity index (χ0n) is 15.4. The Morgan fingerprint density at radius 2 is 1.61 bits per heavy atom. The van der Waals surface area contributed by atoms with Crippen molar-refractivity contribution in [3.8, 4) is 11.4 Å². The zero-order valence-corrected chi connectivity index (χ0v) is 15.4. The zero-order chi connectivity index (χ0) is 19.7. The number of aromatic amines is 1. The predicted octanol–water partition coefficient (Wildman–Crippen LogP) is 4.13. The number of nitrogens with one attached hydrogen (secondary N) is 1. The van der Waals surface area contributed by atoms with Gasteiger partial charge in [0.1, 0.15) is 11.6 Å². The lowest BCUT2D eigenvalue weighted by Crippen LogP contribution is -2.46. The first kappa shape index (κ1) is 18.3. The minimum Gasteiger partial charge on any atom is -0.368 e. The van der Waals surface area contributed by atoms with Crippen LogP contribution in [0.5, 0.6) is 0 Å². The van der Waals surface area contributed by atoms with Gasteiger partial charge in [-0.05, 0) is 31.2 Å². The molecule has 3 heterocycles. The molecule has 1 saturated heterocycles. The molecule has 1 aromatic carbocycles. The second kappa shape index (κ2) is 7.18. The highest BCUT2D eigenvalue weighted by molar-refractivity contribution is 5.57. The van der Waals surface area contributed by atoms with Gasteiger partial charge in [0.05, 0.1) is 0 Å². The van der Waals surface area contributed by atoms with Crippen LogP contribution >= 0.6 is 0 Å². The van der Waals surface area contributed by atoms with Crippen LogP contribution in [0.4, 0.5) is 24.7 Å². The van der Waals surface area contributed by atoms with Crippen molar-refractivity contribution < 1.29 is 13.2 Å². The number of benzene rings is 1. The minimum absolute atomic E-state index is 0.163. The van der Waals surface area contributed by atoms with Gasteiger partial charge >= 0.3 is 6.18 Å². The van der Waals surface area contributed by atoms with E-state index >= 15 is 0 Å². The highest BCUT2D eigenvalue weighted by Crippen LogP contribution is 2.29. The maximum absolute atomic E-state index is 12.7. The molecule has 5 nitrogen and oxygen atoms in total. The van der Waals surface area contributed by atoms with Crippen molar-refractivity contribution >= 4 is 11.5 Å². The third-order valence-electron chi connectivity index (χ3n) is 4.89. The maximum atomic E-state index is 12.7. The van der Waals surface area contributed by atoms with Gasteiger partial charge in [0.2, 0.25) is 0 Å². The Hall–Kier alpha value is -3.03. The molecule has 0 saturated carbocycles. The second-order valence-electron chi connectivity index (χ2n) is 6.85. The topological polar surface area (TPSA) is 48.0 Å². The number of imidazole rings is 1. The molecule has 0 amide bonds. The summed E-state index contributed by atoms with van der Waals surface area (Å²) in [5, 5.41) is 0. The molecular formula is C20H20F3N5. The van der Waals surface area contributed by atoms with Gasteiger partial charge in [-0.3, -0.25) is 0 Å². The Bertz CT molecular complexity index is 924. The molecule has 4 rings (SSSR count). The summed E-state index contributed by atoms with van der Waals surface area (Å²) in [6, 6.07) is 12.1. The predicted molar refractivity (Wildman–Crippen MR) is 102 cm³/mol. The average molecular weight is 387 g/mol. The number of aromatic nitrogens is 3. The van der Waals surface area contributed by atoms with Crippen molar-refractivity contribution in [1.29, 1.82) is 0 Å². The SMILES string of the molecule is Cc1ccc(N2CCN(c3ccc(-c4nc(C(F)(F)F)c[nH]4)cn3)CC2)cc1. The highest BCUT2D eigenvalue weighted by atomic mass is 19.4. The Morgan fingerprint density at radius 3 is 2.18 bits per heavy atom. The molecule has 28 heavy (non-hydrogen) atoms. The first-order valence-electron chi connectivity index (χ1n) is 9.06. The summed E-state index contributed by atoms with van der Waals surface area (Å²) >= 11 is 0. The summed E-state index contributed by atoms with van der Waals surface area (Å²) in [4.78, 5) is 15.1. The van der Waals surface area contributed by atoms with Crippen LogP contribution in [0.3, 0.4) is 0 Å². The number of piperazine rings is 1. The van der Waals surface area contributed by atoms with Gasteiger partial charge in [-0.25, -0.2) is 9.97 Å². The van der Waals surface area contributed by atoms with Crippen molar-refractivity contribution in [2.45, 2.75) is 13.1 Å². The van der Waals surface area contributed by atoms with E-state index in [4.69, 9.17) is 0 Å². The van der Waals surface area contributed by atoms with Crippen molar-refractivity contribution in [2.75, 3.05) is 36.0 Å². The molecule has 0 unspecified atom stereocenters. The lowest BCUT2D eigenvalue weighted by atomic mass is 10.2. The number of anilines is 2. The fourth-order valence-electron chi connectivity index (χ4n) is 3.28. The van der Waals surface area contributed by atoms with Crippen LogP contribution in [0.15, 0.2) is 48.8 Å². The molecule has 146 valence electrons. The molecule has 0 bridgehead atoms. The first-order valence-corrected chi connectivity index (χ1v) is 9.06. The third kappa shape index (κ3) is 3.81. The first-order chi connectivity index (χ1) is 13.4. The van der Waals surface area contributed by atoms with Gasteiger partial charge in [0, 0.05) is 49.8 Å². The van der Waals surface area contributed by atoms with Crippen LogP contribution in [0.1, 0.15) is 11.3 Å². The van der Waals surface area contributed by atoms with E-state index in [0.717, 1.165) is 38.2 Å². The van der Waals surface area contributed by atoms with Gasteiger partial charge in [0.25, 0.3) is 0 Å². The number of hydrogen-bond donors (Lipinski definition) is 1. The van der Waals surface area contributed by atoms with Gasteiger partial charge in [-0.15, -0.1) is 0 Å². The average Bonchev–Trinajstić information content (AvgIpc) is 3.20. The fourth-order valence-corrected chi connectivity index (χ4v) is 3.28. The normalized spacial score (nSPS) is 15.1. The summed E-state index contributed by atoms with van der Waals surface area (Å²) < 4.78 is 38.1. The number of hydrogen-bond acceptors (Lipinski definition) is 4. The number of pyridine rings is 1. The Labute approximate surface area is 160 Å². The smallest absolute Gasteiger partial charge is 0.368 e. The van der Waals surface area contributed by atoms with Crippen LogP contribution in [0, 0.1) is 6.92 Å². The molecule has 3 aromatic rings. The number of rotatable bonds is 3. The second-order valence-corrected chi connectivity index (χ2v) is 6.85. The molecule has 1 N–H and O–H groups in total. The van der Waals surface area contributed by atoms with Gasteiger partial charge < -0.3 is 14.8 Å². The summed E-state index contributed by atoms with van der Waals surface area (Å²) in [5.74, 6) is 0.977. The molecular weight excluding hydrogens is 367 g/mol. The van der Waals surface area contributed by atoms with Crippen LogP contribution in [-0.2, 0) is 6.18 Å². The van der Waals surface area contributed by atoms with Crippen molar-refractivity contribution in [3.05, 3.63) is 60.0 Å². The molecule has 1 aliphatic heterocycles. The van der Waals surface area contributed by atoms with E-state index in [2.05, 4.69) is 55.9 Å². The monoisotopic (exact) mass is 387 g/mol. The molecule has 0 atom stereocenters. The van der Waals surface area contributed by atoms with Gasteiger partial charge in [0.15, 0.2) is 5.69 Å². The fraction of sp³-hybridized carbons (Fsp3) is 0.300. The van der Waals surface area contributed by atoms with Crippen LogP contribution in [0.2, 0.25) is 0 Å². The molecule has 8 heteroatoms. The lowest BCUT2D eigenvalue weighted by Gasteiger charge is -2.36. The minimum atomic E-state index is -4.46. The van der Waals surface area contributed by atoms with E-state index in [1.54, 1.807) is 12.3 Å². The van der Waals surface area contributed by atoms with Crippen molar-refractivity contribution in [3.63, 3.8) is 0 Å². The van der Waals surface area contributed by atoms with E-state index in [9.17, 15) is 13.2 Å². The summed E-state index contributed by atoms with van der Waals surface area (Å²) in [6.45, 7) is 5.52. The number of aryl methyl sites for hydroxylation is 1. The maximum Gasteiger partial charge on any atom is 0.434 e. The van der Waals surface area contributed by atoms with E-state index in [1.165, 1.54) is 11.3 Å². The molecule has 2 aromatic heterocycles. The molecule has 1 fully saturated rings. The van der Waals surface area contributed by atoms with Gasteiger partial charge in [-0.2, -0.15) is 13.2 Å². The Kier molecular flexibility index (Phi) is 4.70. The number of nitrogens with zero attached hydrogens (tertiary/aromatic N) is 4. The summed E-state index contributed by atoms with van der Waals surface area (Å²) in [5.41, 5.74) is 2.05. The molecule has 0 spiro atoms. The largest absolute Gasteiger partial charge is 0.434 e. The van der Waals surface area contributed by atoms with E-state index in [1.807, 2.05) is 6.07 Å². The van der Waals surface area contributed by atoms with Crippen molar-refractivity contribution in [1.82, 2.24) is 15.0 Å². The number of halogens is 3. The summed E-state index contributed by atoms with van der Waals surface area (Å²) in [6.07, 6.45) is -2.03. The molecule has 1 aliphatic rings. The van der Waals surface area contributed by atoms with E-state index < -0.39 is 11.9 Å². The van der Waals surface area contributed by atoms with E-state index in [-0.39, 0.29) is 5.82 Å². The standard InChI is InChI=1S/C20H20F3N5/c1-14-2-5-16(6-3-14)27-8-10-28(11-9-27)18-7-4-15(12-24-18)19-25-13-17(26-19)20(21,22)23/h2-7,12-13H,8-11H2,1H3,(H,25,26). The van der Waals surface area contributed by atoms with Crippen LogP contribution < -0.4 is 9.80 Å². The van der Waals surface area contributed by atoms with Gasteiger partial charge in [-0.1, -0.05) is 17.7 Å². The Balaban J connectivity index is 1.41. The van der Waals surface area contributed by atoms with Crippen LogP contribution in [-0.4, -0.2) is 41.1 Å². The Morgan fingerprint density at radius 1 is 0.929 bits per heavy atom. The molecule has 0 radical (unpaired) electrons. The highest BCUT2D eigenvalue weighted by Gasteiger charge is 2.33.